The number of halogens is 1. The molecule has 3 aromatic rings. The third kappa shape index (κ3) is 2.44. The van der Waals surface area contributed by atoms with Crippen molar-refractivity contribution in [3.05, 3.63) is 51.8 Å². The van der Waals surface area contributed by atoms with Crippen LogP contribution in [0.3, 0.4) is 0 Å². The van der Waals surface area contributed by atoms with Crippen molar-refractivity contribution < 1.29 is 0 Å². The van der Waals surface area contributed by atoms with E-state index in [2.05, 4.69) is 28.7 Å². The molecule has 3 rings (SSSR count). The molecule has 4 heteroatoms. The first-order valence-corrected chi connectivity index (χ1v) is 7.47. The van der Waals surface area contributed by atoms with Gasteiger partial charge in [0, 0.05) is 27.2 Å². The van der Waals surface area contributed by atoms with E-state index in [4.69, 9.17) is 16.6 Å². The Labute approximate surface area is 121 Å². The van der Waals surface area contributed by atoms with Crippen LogP contribution in [0.5, 0.6) is 0 Å². The van der Waals surface area contributed by atoms with Gasteiger partial charge in [-0.1, -0.05) is 18.5 Å². The van der Waals surface area contributed by atoms with Crippen molar-refractivity contribution in [2.45, 2.75) is 13.3 Å². The molecular weight excluding hydrogens is 276 g/mol. The Morgan fingerprint density at radius 1 is 1.16 bits per heavy atom. The number of rotatable bonds is 3. The highest BCUT2D eigenvalue weighted by atomic mass is 35.5. The average molecular weight is 289 g/mol. The van der Waals surface area contributed by atoms with Crippen LogP contribution in [0.4, 0.5) is 0 Å². The molecule has 96 valence electrons. The molecule has 1 aromatic carbocycles. The Kier molecular flexibility index (Phi) is 3.40. The standard InChI is InChI=1S/C15H13ClN2S/c1-2-13-14(11-7-8-19-9-11)18-15(17-13)10-3-5-12(16)6-4-10/h3-9H,2H2,1H3,(H,17,18). The molecule has 0 aliphatic carbocycles. The predicted octanol–water partition coefficient (Wildman–Crippen LogP) is 5.02. The molecule has 0 amide bonds. The van der Waals surface area contributed by atoms with E-state index in [1.165, 1.54) is 11.3 Å². The van der Waals surface area contributed by atoms with Gasteiger partial charge in [-0.05, 0) is 42.1 Å². The minimum absolute atomic E-state index is 0.740. The first-order valence-electron chi connectivity index (χ1n) is 6.15. The molecule has 0 fully saturated rings. The van der Waals surface area contributed by atoms with Crippen LogP contribution in [0.25, 0.3) is 22.6 Å². The molecule has 1 N–H and O–H groups in total. The van der Waals surface area contributed by atoms with Gasteiger partial charge >= 0.3 is 0 Å². The summed E-state index contributed by atoms with van der Waals surface area (Å²) in [6.07, 6.45) is 0.936. The van der Waals surface area contributed by atoms with Gasteiger partial charge in [-0.15, -0.1) is 0 Å². The van der Waals surface area contributed by atoms with E-state index >= 15 is 0 Å². The number of aromatic amines is 1. The molecule has 0 aliphatic rings. The molecule has 0 spiro atoms. The minimum Gasteiger partial charge on any atom is -0.341 e. The van der Waals surface area contributed by atoms with Gasteiger partial charge in [0.1, 0.15) is 5.82 Å². The van der Waals surface area contributed by atoms with Gasteiger partial charge in [0.25, 0.3) is 0 Å². The predicted molar refractivity (Wildman–Crippen MR) is 81.7 cm³/mol. The van der Waals surface area contributed by atoms with Crippen LogP contribution in [-0.4, -0.2) is 9.97 Å². The van der Waals surface area contributed by atoms with Gasteiger partial charge in [-0.2, -0.15) is 11.3 Å². The second-order valence-corrected chi connectivity index (χ2v) is 5.50. The number of nitrogens with zero attached hydrogens (tertiary/aromatic N) is 1. The Bertz CT molecular complexity index is 669. The van der Waals surface area contributed by atoms with Gasteiger partial charge in [-0.25, -0.2) is 4.98 Å². The van der Waals surface area contributed by atoms with E-state index in [-0.39, 0.29) is 0 Å². The lowest BCUT2D eigenvalue weighted by atomic mass is 10.2. The first kappa shape index (κ1) is 12.5. The number of aryl methyl sites for hydroxylation is 1. The highest BCUT2D eigenvalue weighted by Crippen LogP contribution is 2.28. The van der Waals surface area contributed by atoms with Gasteiger partial charge in [0.15, 0.2) is 0 Å². The summed E-state index contributed by atoms with van der Waals surface area (Å²) in [6.45, 7) is 2.13. The lowest BCUT2D eigenvalue weighted by molar-refractivity contribution is 1.07. The van der Waals surface area contributed by atoms with Crippen molar-refractivity contribution in [1.29, 1.82) is 0 Å². The number of H-pyrrole nitrogens is 1. The van der Waals surface area contributed by atoms with Crippen molar-refractivity contribution in [2.24, 2.45) is 0 Å². The van der Waals surface area contributed by atoms with E-state index in [0.29, 0.717) is 0 Å². The second-order valence-electron chi connectivity index (χ2n) is 4.29. The summed E-state index contributed by atoms with van der Waals surface area (Å²) in [5.74, 6) is 0.898. The van der Waals surface area contributed by atoms with Gasteiger partial charge in [0.2, 0.25) is 0 Å². The van der Waals surface area contributed by atoms with Crippen LogP contribution in [0.2, 0.25) is 5.02 Å². The largest absolute Gasteiger partial charge is 0.341 e. The van der Waals surface area contributed by atoms with Crippen molar-refractivity contribution in [2.75, 3.05) is 0 Å². The molecule has 19 heavy (non-hydrogen) atoms. The van der Waals surface area contributed by atoms with Crippen molar-refractivity contribution >= 4 is 22.9 Å². The molecule has 0 aliphatic heterocycles. The third-order valence-corrected chi connectivity index (χ3v) is 3.98. The molecule has 2 nitrogen and oxygen atoms in total. The quantitative estimate of drug-likeness (QED) is 0.720. The molecular formula is C15H13ClN2S. The molecule has 0 radical (unpaired) electrons. The molecule has 0 bridgehead atoms. The molecule has 0 atom stereocenters. The average Bonchev–Trinajstić information content (AvgIpc) is 3.08. The highest BCUT2D eigenvalue weighted by molar-refractivity contribution is 7.08. The molecule has 0 saturated carbocycles. The fraction of sp³-hybridized carbons (Fsp3) is 0.133. The topological polar surface area (TPSA) is 28.7 Å². The smallest absolute Gasteiger partial charge is 0.138 e. The number of hydrogen-bond donors (Lipinski definition) is 1. The van der Waals surface area contributed by atoms with E-state index in [9.17, 15) is 0 Å². The van der Waals surface area contributed by atoms with Crippen LogP contribution in [0.15, 0.2) is 41.1 Å². The molecule has 0 saturated heterocycles. The van der Waals surface area contributed by atoms with E-state index in [0.717, 1.165) is 28.5 Å². The molecule has 2 heterocycles. The van der Waals surface area contributed by atoms with E-state index < -0.39 is 0 Å². The summed E-state index contributed by atoms with van der Waals surface area (Å²) < 4.78 is 0. The zero-order valence-electron chi connectivity index (χ0n) is 10.5. The fourth-order valence-corrected chi connectivity index (χ4v) is 2.81. The van der Waals surface area contributed by atoms with Gasteiger partial charge < -0.3 is 4.98 Å². The summed E-state index contributed by atoms with van der Waals surface area (Å²) in [6, 6.07) is 9.84. The Balaban J connectivity index is 2.07. The van der Waals surface area contributed by atoms with Crippen LogP contribution < -0.4 is 0 Å². The summed E-state index contributed by atoms with van der Waals surface area (Å²) in [5.41, 5.74) is 4.45. The van der Waals surface area contributed by atoms with Crippen LogP contribution in [0, 0.1) is 0 Å². The number of nitrogens with one attached hydrogen (secondary N) is 1. The normalized spacial score (nSPS) is 10.8. The van der Waals surface area contributed by atoms with Crippen LogP contribution >= 0.6 is 22.9 Å². The summed E-state index contributed by atoms with van der Waals surface area (Å²) in [4.78, 5) is 8.14. The van der Waals surface area contributed by atoms with Gasteiger partial charge in [-0.3, -0.25) is 0 Å². The van der Waals surface area contributed by atoms with Crippen molar-refractivity contribution in [3.8, 4) is 22.6 Å². The molecule has 0 unspecified atom stereocenters. The second kappa shape index (κ2) is 5.19. The number of aromatic nitrogens is 2. The fourth-order valence-electron chi connectivity index (χ4n) is 2.05. The molecule has 2 aromatic heterocycles. The summed E-state index contributed by atoms with van der Waals surface area (Å²) >= 11 is 7.60. The summed E-state index contributed by atoms with van der Waals surface area (Å²) in [7, 11) is 0. The lowest BCUT2D eigenvalue weighted by Crippen LogP contribution is -1.83. The maximum Gasteiger partial charge on any atom is 0.138 e. The Hall–Kier alpha value is -1.58. The Morgan fingerprint density at radius 3 is 2.58 bits per heavy atom. The zero-order chi connectivity index (χ0) is 13.2. The maximum atomic E-state index is 5.91. The van der Waals surface area contributed by atoms with Crippen molar-refractivity contribution in [3.63, 3.8) is 0 Å². The first-order chi connectivity index (χ1) is 9.28. The minimum atomic E-state index is 0.740. The van der Waals surface area contributed by atoms with Gasteiger partial charge in [0.05, 0.1) is 5.69 Å². The zero-order valence-corrected chi connectivity index (χ0v) is 12.1. The number of thiophene rings is 1. The van der Waals surface area contributed by atoms with Crippen LogP contribution in [0.1, 0.15) is 12.6 Å². The third-order valence-electron chi connectivity index (χ3n) is 3.04. The summed E-state index contributed by atoms with van der Waals surface area (Å²) in [5, 5.41) is 4.94. The van der Waals surface area contributed by atoms with E-state index in [1.807, 2.05) is 24.3 Å². The number of hydrogen-bond acceptors (Lipinski definition) is 2. The monoisotopic (exact) mass is 288 g/mol. The maximum absolute atomic E-state index is 5.91. The number of imidazole rings is 1. The highest BCUT2D eigenvalue weighted by Gasteiger charge is 2.12. The van der Waals surface area contributed by atoms with E-state index in [1.54, 1.807) is 11.3 Å². The lowest BCUT2D eigenvalue weighted by Gasteiger charge is -1.96. The van der Waals surface area contributed by atoms with Crippen molar-refractivity contribution in [1.82, 2.24) is 9.97 Å². The Morgan fingerprint density at radius 2 is 1.95 bits per heavy atom. The van der Waals surface area contributed by atoms with Crippen LogP contribution in [-0.2, 0) is 6.42 Å². The number of benzene rings is 1. The SMILES string of the molecule is CCc1[nH]c(-c2ccc(Cl)cc2)nc1-c1ccsc1.